The minimum Gasteiger partial charge on any atom is -0.339 e. The van der Waals surface area contributed by atoms with E-state index in [0.717, 1.165) is 43.1 Å². The van der Waals surface area contributed by atoms with E-state index in [1.165, 1.54) is 0 Å². The second-order valence-electron chi connectivity index (χ2n) is 6.62. The van der Waals surface area contributed by atoms with Gasteiger partial charge in [0, 0.05) is 36.9 Å². The Morgan fingerprint density at radius 1 is 1.26 bits per heavy atom. The van der Waals surface area contributed by atoms with Gasteiger partial charge in [-0.05, 0) is 52.7 Å². The summed E-state index contributed by atoms with van der Waals surface area (Å²) in [5, 5.41) is 0. The molecular formula is C18H26N4O. The molecule has 1 amide bonds. The van der Waals surface area contributed by atoms with E-state index in [-0.39, 0.29) is 11.9 Å². The number of carbonyl (C=O) groups is 1. The van der Waals surface area contributed by atoms with Crippen molar-refractivity contribution in [3.05, 3.63) is 41.7 Å². The molecule has 1 aliphatic rings. The minimum atomic E-state index is -0.146. The van der Waals surface area contributed by atoms with Crippen LogP contribution in [0.3, 0.4) is 0 Å². The molecule has 1 saturated heterocycles. The van der Waals surface area contributed by atoms with Gasteiger partial charge in [0.15, 0.2) is 0 Å². The number of piperidine rings is 1. The van der Waals surface area contributed by atoms with Crippen molar-refractivity contribution < 1.29 is 4.79 Å². The SMILES string of the molecule is Cc1nccn1[C@H]1CCCN(C(=O)[C@@H](C)n2c(C)ccc2C)C1. The van der Waals surface area contributed by atoms with Crippen molar-refractivity contribution in [1.82, 2.24) is 19.0 Å². The number of nitrogens with zero attached hydrogens (tertiary/aromatic N) is 4. The second kappa shape index (κ2) is 6.22. The Kier molecular flexibility index (Phi) is 4.28. The van der Waals surface area contributed by atoms with Crippen LogP contribution in [0.1, 0.15) is 49.1 Å². The largest absolute Gasteiger partial charge is 0.339 e. The molecule has 0 radical (unpaired) electrons. The first-order chi connectivity index (χ1) is 11.0. The highest BCUT2D eigenvalue weighted by atomic mass is 16.2. The molecule has 3 heterocycles. The number of hydrogen-bond donors (Lipinski definition) is 0. The van der Waals surface area contributed by atoms with Crippen LogP contribution in [0.5, 0.6) is 0 Å². The monoisotopic (exact) mass is 314 g/mol. The molecule has 5 heteroatoms. The fraction of sp³-hybridized carbons (Fsp3) is 0.556. The Hall–Kier alpha value is -2.04. The standard InChI is InChI=1S/C18H26N4O/c1-13-7-8-14(2)22(13)15(3)18(23)20-10-5-6-17(12-20)21-11-9-19-16(21)4/h7-9,11,15,17H,5-6,10,12H2,1-4H3/t15-,17+/m1/s1. The van der Waals surface area contributed by atoms with Crippen LogP contribution in [0.4, 0.5) is 0 Å². The van der Waals surface area contributed by atoms with Crippen LogP contribution < -0.4 is 0 Å². The molecule has 5 nitrogen and oxygen atoms in total. The van der Waals surface area contributed by atoms with Crippen LogP contribution in [0.2, 0.25) is 0 Å². The number of likely N-dealkylation sites (tertiary alicyclic amines) is 1. The summed E-state index contributed by atoms with van der Waals surface area (Å²) in [6.07, 6.45) is 6.02. The fourth-order valence-electron chi connectivity index (χ4n) is 3.82. The van der Waals surface area contributed by atoms with Crippen LogP contribution >= 0.6 is 0 Å². The van der Waals surface area contributed by atoms with E-state index in [9.17, 15) is 4.79 Å². The van der Waals surface area contributed by atoms with E-state index in [4.69, 9.17) is 0 Å². The molecule has 0 unspecified atom stereocenters. The van der Waals surface area contributed by atoms with E-state index in [0.29, 0.717) is 6.04 Å². The van der Waals surface area contributed by atoms with Crippen LogP contribution in [0.15, 0.2) is 24.5 Å². The Bertz CT molecular complexity index is 680. The molecule has 23 heavy (non-hydrogen) atoms. The van der Waals surface area contributed by atoms with Gasteiger partial charge in [0.1, 0.15) is 11.9 Å². The van der Waals surface area contributed by atoms with Gasteiger partial charge in [-0.25, -0.2) is 4.98 Å². The molecule has 0 spiro atoms. The highest BCUT2D eigenvalue weighted by Crippen LogP contribution is 2.25. The molecule has 0 N–H and O–H groups in total. The number of amides is 1. The highest BCUT2D eigenvalue weighted by Gasteiger charge is 2.29. The summed E-state index contributed by atoms with van der Waals surface area (Å²) in [7, 11) is 0. The van der Waals surface area contributed by atoms with Gasteiger partial charge < -0.3 is 14.0 Å². The lowest BCUT2D eigenvalue weighted by molar-refractivity contribution is -0.136. The van der Waals surface area contributed by atoms with Gasteiger partial charge in [0.25, 0.3) is 0 Å². The average Bonchev–Trinajstić information content (AvgIpc) is 3.12. The molecule has 0 saturated carbocycles. The molecule has 0 bridgehead atoms. The molecule has 0 aromatic carbocycles. The third-order valence-electron chi connectivity index (χ3n) is 5.03. The number of hydrogen-bond acceptors (Lipinski definition) is 2. The Balaban J connectivity index is 1.76. The zero-order valence-electron chi connectivity index (χ0n) is 14.5. The Morgan fingerprint density at radius 2 is 1.96 bits per heavy atom. The third kappa shape index (κ3) is 2.92. The zero-order chi connectivity index (χ0) is 16.6. The van der Waals surface area contributed by atoms with Crippen molar-refractivity contribution in [3.63, 3.8) is 0 Å². The Morgan fingerprint density at radius 3 is 2.57 bits per heavy atom. The highest BCUT2D eigenvalue weighted by molar-refractivity contribution is 5.80. The Labute approximate surface area is 137 Å². The van der Waals surface area contributed by atoms with Crippen LogP contribution in [0, 0.1) is 20.8 Å². The van der Waals surface area contributed by atoms with Gasteiger partial charge in [0.2, 0.25) is 5.91 Å². The molecule has 1 fully saturated rings. The predicted molar refractivity (Wildman–Crippen MR) is 90.4 cm³/mol. The van der Waals surface area contributed by atoms with Crippen molar-refractivity contribution in [2.24, 2.45) is 0 Å². The first kappa shape index (κ1) is 15.8. The summed E-state index contributed by atoms with van der Waals surface area (Å²) >= 11 is 0. The molecule has 0 aliphatic carbocycles. The molecular weight excluding hydrogens is 288 g/mol. The second-order valence-corrected chi connectivity index (χ2v) is 6.62. The average molecular weight is 314 g/mol. The van der Waals surface area contributed by atoms with Crippen molar-refractivity contribution >= 4 is 5.91 Å². The lowest BCUT2D eigenvalue weighted by atomic mass is 10.0. The summed E-state index contributed by atoms with van der Waals surface area (Å²) in [6.45, 7) is 9.78. The first-order valence-corrected chi connectivity index (χ1v) is 8.41. The predicted octanol–water partition coefficient (Wildman–Crippen LogP) is 3.03. The number of aryl methyl sites for hydroxylation is 3. The maximum absolute atomic E-state index is 13.0. The van der Waals surface area contributed by atoms with E-state index in [1.807, 2.05) is 31.1 Å². The van der Waals surface area contributed by atoms with Crippen molar-refractivity contribution in [3.8, 4) is 0 Å². The number of aromatic nitrogens is 3. The lowest BCUT2D eigenvalue weighted by Gasteiger charge is -2.36. The molecule has 124 valence electrons. The molecule has 2 atom stereocenters. The molecule has 2 aromatic rings. The normalized spacial score (nSPS) is 19.8. The van der Waals surface area contributed by atoms with Crippen molar-refractivity contribution in [2.45, 2.75) is 52.6 Å². The lowest BCUT2D eigenvalue weighted by Crippen LogP contribution is -2.43. The van der Waals surface area contributed by atoms with Crippen LogP contribution in [0.25, 0.3) is 0 Å². The van der Waals surface area contributed by atoms with E-state index >= 15 is 0 Å². The smallest absolute Gasteiger partial charge is 0.245 e. The zero-order valence-corrected chi connectivity index (χ0v) is 14.5. The molecule has 3 rings (SSSR count). The number of carbonyl (C=O) groups excluding carboxylic acids is 1. The molecule has 1 aliphatic heterocycles. The van der Waals surface area contributed by atoms with Crippen LogP contribution in [-0.2, 0) is 4.79 Å². The van der Waals surface area contributed by atoms with Gasteiger partial charge in [-0.3, -0.25) is 4.79 Å². The van der Waals surface area contributed by atoms with Gasteiger partial charge >= 0.3 is 0 Å². The summed E-state index contributed by atoms with van der Waals surface area (Å²) in [5.41, 5.74) is 2.28. The summed E-state index contributed by atoms with van der Waals surface area (Å²) < 4.78 is 4.34. The van der Waals surface area contributed by atoms with E-state index in [1.54, 1.807) is 0 Å². The topological polar surface area (TPSA) is 43.1 Å². The number of imidazole rings is 1. The van der Waals surface area contributed by atoms with E-state index in [2.05, 4.69) is 40.1 Å². The summed E-state index contributed by atoms with van der Waals surface area (Å²) in [5.74, 6) is 1.24. The minimum absolute atomic E-state index is 0.146. The van der Waals surface area contributed by atoms with E-state index < -0.39 is 0 Å². The van der Waals surface area contributed by atoms with Gasteiger partial charge in [-0.2, -0.15) is 0 Å². The maximum atomic E-state index is 13.0. The fourth-order valence-corrected chi connectivity index (χ4v) is 3.82. The van der Waals surface area contributed by atoms with Gasteiger partial charge in [-0.15, -0.1) is 0 Å². The maximum Gasteiger partial charge on any atom is 0.245 e. The third-order valence-corrected chi connectivity index (χ3v) is 5.03. The van der Waals surface area contributed by atoms with Crippen LogP contribution in [-0.4, -0.2) is 38.0 Å². The van der Waals surface area contributed by atoms with Gasteiger partial charge in [-0.1, -0.05) is 0 Å². The van der Waals surface area contributed by atoms with Gasteiger partial charge in [0.05, 0.1) is 6.04 Å². The van der Waals surface area contributed by atoms with Crippen molar-refractivity contribution in [1.29, 1.82) is 0 Å². The summed E-state index contributed by atoms with van der Waals surface area (Å²) in [6, 6.07) is 4.35. The summed E-state index contributed by atoms with van der Waals surface area (Å²) in [4.78, 5) is 19.3. The van der Waals surface area contributed by atoms with Crippen molar-refractivity contribution in [2.75, 3.05) is 13.1 Å². The first-order valence-electron chi connectivity index (χ1n) is 8.41. The molecule has 2 aromatic heterocycles. The quantitative estimate of drug-likeness (QED) is 0.874. The number of rotatable bonds is 3.